The fraction of sp³-hybridized carbons (Fsp3) is 0.417. The lowest BCUT2D eigenvalue weighted by Crippen LogP contribution is -2.39. The summed E-state index contributed by atoms with van der Waals surface area (Å²) in [5.74, 6) is 0. The molecule has 1 aromatic carbocycles. The minimum absolute atomic E-state index is 0.246. The van der Waals surface area contributed by atoms with Crippen molar-refractivity contribution in [1.29, 1.82) is 0 Å². The Morgan fingerprint density at radius 1 is 1.35 bits per heavy atom. The van der Waals surface area contributed by atoms with E-state index in [-0.39, 0.29) is 12.1 Å². The SMILES string of the molecule is CNC(C)c1cccc(NC(=O)NN(C)C)c1. The molecule has 0 heterocycles. The third-order valence-corrected chi connectivity index (χ3v) is 2.40. The molecule has 17 heavy (non-hydrogen) atoms. The van der Waals surface area contributed by atoms with E-state index in [1.807, 2.05) is 31.3 Å². The molecule has 1 unspecified atom stereocenters. The fourth-order valence-corrected chi connectivity index (χ4v) is 1.41. The monoisotopic (exact) mass is 236 g/mol. The number of amides is 2. The van der Waals surface area contributed by atoms with Crippen molar-refractivity contribution < 1.29 is 4.79 Å². The first-order valence-electron chi connectivity index (χ1n) is 5.55. The summed E-state index contributed by atoms with van der Waals surface area (Å²) in [5.41, 5.74) is 4.54. The lowest BCUT2D eigenvalue weighted by Gasteiger charge is -2.15. The lowest BCUT2D eigenvalue weighted by atomic mass is 10.1. The summed E-state index contributed by atoms with van der Waals surface area (Å²) in [5, 5.41) is 7.52. The molecule has 5 heteroatoms. The topological polar surface area (TPSA) is 56.4 Å². The first-order valence-corrected chi connectivity index (χ1v) is 5.55. The molecule has 0 aliphatic heterocycles. The molecule has 0 radical (unpaired) electrons. The van der Waals surface area contributed by atoms with Crippen molar-refractivity contribution >= 4 is 11.7 Å². The zero-order chi connectivity index (χ0) is 12.8. The Balaban J connectivity index is 2.69. The van der Waals surface area contributed by atoms with Gasteiger partial charge in [0, 0.05) is 25.8 Å². The molecule has 0 aliphatic carbocycles. The van der Waals surface area contributed by atoms with Gasteiger partial charge in [-0.1, -0.05) is 12.1 Å². The zero-order valence-electron chi connectivity index (χ0n) is 10.7. The Labute approximate surface area is 102 Å². The van der Waals surface area contributed by atoms with Crippen molar-refractivity contribution in [2.24, 2.45) is 0 Å². The highest BCUT2D eigenvalue weighted by molar-refractivity contribution is 5.88. The van der Waals surface area contributed by atoms with Crippen LogP contribution in [0, 0.1) is 0 Å². The Morgan fingerprint density at radius 2 is 2.06 bits per heavy atom. The molecule has 0 aromatic heterocycles. The maximum atomic E-state index is 11.5. The summed E-state index contributed by atoms with van der Waals surface area (Å²) in [4.78, 5) is 11.5. The van der Waals surface area contributed by atoms with Gasteiger partial charge in [-0.3, -0.25) is 5.43 Å². The molecule has 3 N–H and O–H groups in total. The van der Waals surface area contributed by atoms with Crippen LogP contribution < -0.4 is 16.1 Å². The average Bonchev–Trinajstić information content (AvgIpc) is 2.27. The van der Waals surface area contributed by atoms with Crippen molar-refractivity contribution in [1.82, 2.24) is 15.8 Å². The second-order valence-electron chi connectivity index (χ2n) is 4.10. The van der Waals surface area contributed by atoms with Crippen molar-refractivity contribution in [3.05, 3.63) is 29.8 Å². The van der Waals surface area contributed by atoms with E-state index in [9.17, 15) is 4.79 Å². The smallest absolute Gasteiger partial charge is 0.313 e. The van der Waals surface area contributed by atoms with E-state index in [4.69, 9.17) is 0 Å². The largest absolute Gasteiger partial charge is 0.333 e. The number of hydrogen-bond acceptors (Lipinski definition) is 3. The third-order valence-electron chi connectivity index (χ3n) is 2.40. The minimum Gasteiger partial charge on any atom is -0.313 e. The first kappa shape index (κ1) is 13.5. The molecule has 0 saturated carbocycles. The van der Waals surface area contributed by atoms with Gasteiger partial charge < -0.3 is 10.6 Å². The highest BCUT2D eigenvalue weighted by Gasteiger charge is 2.05. The van der Waals surface area contributed by atoms with Crippen molar-refractivity contribution in [3.63, 3.8) is 0 Å². The fourth-order valence-electron chi connectivity index (χ4n) is 1.41. The molecule has 0 bridgehead atoms. The highest BCUT2D eigenvalue weighted by atomic mass is 16.2. The molecule has 5 nitrogen and oxygen atoms in total. The van der Waals surface area contributed by atoms with E-state index in [1.165, 1.54) is 0 Å². The van der Waals surface area contributed by atoms with Gasteiger partial charge in [-0.2, -0.15) is 0 Å². The van der Waals surface area contributed by atoms with Crippen LogP contribution in [0.2, 0.25) is 0 Å². The summed E-state index contributed by atoms with van der Waals surface area (Å²) in [6, 6.07) is 7.78. The van der Waals surface area contributed by atoms with E-state index >= 15 is 0 Å². The number of rotatable bonds is 4. The molecule has 1 atom stereocenters. The number of hydrogen-bond donors (Lipinski definition) is 3. The van der Waals surface area contributed by atoms with Crippen LogP contribution in [0.4, 0.5) is 10.5 Å². The number of anilines is 1. The Kier molecular flexibility index (Phi) is 4.93. The first-order chi connectivity index (χ1) is 8.02. The molecule has 0 spiro atoms. The molecule has 2 amide bonds. The minimum atomic E-state index is -0.246. The van der Waals surface area contributed by atoms with Gasteiger partial charge in [0.1, 0.15) is 0 Å². The van der Waals surface area contributed by atoms with Gasteiger partial charge in [0.05, 0.1) is 0 Å². The molecule has 0 aliphatic rings. The van der Waals surface area contributed by atoms with Crippen LogP contribution in [-0.2, 0) is 0 Å². The predicted octanol–water partition coefficient (Wildman–Crippen LogP) is 1.57. The molecule has 0 saturated heterocycles. The second kappa shape index (κ2) is 6.22. The summed E-state index contributed by atoms with van der Waals surface area (Å²) in [7, 11) is 5.43. The number of nitrogens with zero attached hydrogens (tertiary/aromatic N) is 1. The van der Waals surface area contributed by atoms with E-state index < -0.39 is 0 Å². The number of carbonyl (C=O) groups excluding carboxylic acids is 1. The van der Waals surface area contributed by atoms with Gasteiger partial charge in [0.2, 0.25) is 0 Å². The molecular formula is C12H20N4O. The molecular weight excluding hydrogens is 216 g/mol. The van der Waals surface area contributed by atoms with Crippen LogP contribution in [0.3, 0.4) is 0 Å². The number of benzene rings is 1. The van der Waals surface area contributed by atoms with E-state index in [1.54, 1.807) is 19.1 Å². The summed E-state index contributed by atoms with van der Waals surface area (Å²) < 4.78 is 0. The summed E-state index contributed by atoms with van der Waals surface area (Å²) in [6.07, 6.45) is 0. The maximum Gasteiger partial charge on any atom is 0.333 e. The lowest BCUT2D eigenvalue weighted by molar-refractivity contribution is 0.224. The molecule has 1 aromatic rings. The quantitative estimate of drug-likeness (QED) is 0.695. The number of hydrazine groups is 1. The number of urea groups is 1. The van der Waals surface area contributed by atoms with Gasteiger partial charge in [0.15, 0.2) is 0 Å². The Morgan fingerprint density at radius 3 is 2.65 bits per heavy atom. The second-order valence-corrected chi connectivity index (χ2v) is 4.10. The molecule has 1 rings (SSSR count). The van der Waals surface area contributed by atoms with Crippen LogP contribution >= 0.6 is 0 Å². The summed E-state index contributed by atoms with van der Waals surface area (Å²) >= 11 is 0. The van der Waals surface area contributed by atoms with Gasteiger partial charge in [-0.15, -0.1) is 0 Å². The molecule has 0 fully saturated rings. The standard InChI is InChI=1S/C12H20N4O/c1-9(13-2)10-6-5-7-11(8-10)14-12(17)15-16(3)4/h5-9,13H,1-4H3,(H2,14,15,17). The normalized spacial score (nSPS) is 12.3. The van der Waals surface area contributed by atoms with Crippen molar-refractivity contribution in [2.75, 3.05) is 26.5 Å². The van der Waals surface area contributed by atoms with Crippen molar-refractivity contribution in [3.8, 4) is 0 Å². The van der Waals surface area contributed by atoms with Gasteiger partial charge >= 0.3 is 6.03 Å². The Hall–Kier alpha value is -1.59. The van der Waals surface area contributed by atoms with Gasteiger partial charge in [0.25, 0.3) is 0 Å². The van der Waals surface area contributed by atoms with Crippen LogP contribution in [0.5, 0.6) is 0 Å². The van der Waals surface area contributed by atoms with E-state index in [2.05, 4.69) is 23.0 Å². The summed E-state index contributed by atoms with van der Waals surface area (Å²) in [6.45, 7) is 2.07. The average molecular weight is 236 g/mol. The molecule has 94 valence electrons. The number of nitrogens with one attached hydrogen (secondary N) is 3. The van der Waals surface area contributed by atoms with Crippen LogP contribution in [0.15, 0.2) is 24.3 Å². The van der Waals surface area contributed by atoms with Gasteiger partial charge in [-0.25, -0.2) is 9.80 Å². The van der Waals surface area contributed by atoms with E-state index in [0.29, 0.717) is 0 Å². The zero-order valence-corrected chi connectivity index (χ0v) is 10.7. The third kappa shape index (κ3) is 4.42. The van der Waals surface area contributed by atoms with Crippen molar-refractivity contribution in [2.45, 2.75) is 13.0 Å². The predicted molar refractivity (Wildman–Crippen MR) is 69.8 cm³/mol. The maximum absolute atomic E-state index is 11.5. The van der Waals surface area contributed by atoms with Crippen LogP contribution in [0.1, 0.15) is 18.5 Å². The highest BCUT2D eigenvalue weighted by Crippen LogP contribution is 2.16. The van der Waals surface area contributed by atoms with Crippen LogP contribution in [-0.4, -0.2) is 32.2 Å². The van der Waals surface area contributed by atoms with E-state index in [0.717, 1.165) is 11.3 Å². The Bertz CT molecular complexity index is 379. The van der Waals surface area contributed by atoms with Gasteiger partial charge in [-0.05, 0) is 31.7 Å². The van der Waals surface area contributed by atoms with Crippen LogP contribution in [0.25, 0.3) is 0 Å². The number of carbonyl (C=O) groups is 1.